The maximum Gasteiger partial charge on any atom is 0.293 e. The molecule has 1 aliphatic carbocycles. The van der Waals surface area contributed by atoms with Crippen LogP contribution in [0.5, 0.6) is 0 Å². The lowest BCUT2D eigenvalue weighted by atomic mass is 9.72. The van der Waals surface area contributed by atoms with Crippen molar-refractivity contribution < 1.29 is 9.59 Å². The topological polar surface area (TPSA) is 46.2 Å². The van der Waals surface area contributed by atoms with Crippen LogP contribution in [0.1, 0.15) is 48.0 Å². The van der Waals surface area contributed by atoms with Crippen molar-refractivity contribution in [3.8, 4) is 0 Å². The molecule has 0 unspecified atom stereocenters. The molecule has 1 aliphatic heterocycles. The van der Waals surface area contributed by atoms with Crippen LogP contribution in [0.25, 0.3) is 0 Å². The molecule has 88 valence electrons. The minimum atomic E-state index is -0.439. The minimum absolute atomic E-state index is 0.278. The molecule has 1 saturated carbocycles. The van der Waals surface area contributed by atoms with Gasteiger partial charge >= 0.3 is 0 Å². The van der Waals surface area contributed by atoms with E-state index >= 15 is 0 Å². The molecule has 0 saturated heterocycles. The first-order valence-electron chi connectivity index (χ1n) is 6.19. The highest BCUT2D eigenvalue weighted by molar-refractivity contribution is 6.44. The van der Waals surface area contributed by atoms with Gasteiger partial charge < -0.3 is 5.32 Å². The van der Waals surface area contributed by atoms with Gasteiger partial charge in [-0.15, -0.1) is 0 Å². The lowest BCUT2D eigenvalue weighted by Gasteiger charge is -2.41. The van der Waals surface area contributed by atoms with Gasteiger partial charge in [0.05, 0.1) is 5.54 Å². The van der Waals surface area contributed by atoms with Gasteiger partial charge in [0.1, 0.15) is 0 Å². The SMILES string of the molecule is O=C1NC2(CCCCC2)c2ccccc2C1=O. The Bertz CT molecular complexity index is 487. The number of benzene rings is 1. The molecule has 1 amide bonds. The second kappa shape index (κ2) is 3.69. The van der Waals surface area contributed by atoms with Crippen molar-refractivity contribution in [3.63, 3.8) is 0 Å². The fourth-order valence-electron chi connectivity index (χ4n) is 3.11. The van der Waals surface area contributed by atoms with Crippen LogP contribution < -0.4 is 5.32 Å². The van der Waals surface area contributed by atoms with Crippen molar-refractivity contribution in [1.82, 2.24) is 5.32 Å². The number of carbonyl (C=O) groups is 2. The molecule has 0 aromatic heterocycles. The van der Waals surface area contributed by atoms with Crippen LogP contribution in [0.3, 0.4) is 0 Å². The van der Waals surface area contributed by atoms with Crippen LogP contribution in [-0.4, -0.2) is 11.7 Å². The van der Waals surface area contributed by atoms with Crippen LogP contribution >= 0.6 is 0 Å². The van der Waals surface area contributed by atoms with Crippen molar-refractivity contribution in [3.05, 3.63) is 35.4 Å². The van der Waals surface area contributed by atoms with Gasteiger partial charge in [0, 0.05) is 5.56 Å². The Morgan fingerprint density at radius 1 is 1.00 bits per heavy atom. The Morgan fingerprint density at radius 2 is 1.71 bits per heavy atom. The molecule has 17 heavy (non-hydrogen) atoms. The Balaban J connectivity index is 2.15. The van der Waals surface area contributed by atoms with E-state index in [9.17, 15) is 9.59 Å². The molecule has 1 N–H and O–H groups in total. The molecule has 1 heterocycles. The molecule has 0 radical (unpaired) electrons. The van der Waals surface area contributed by atoms with Crippen LogP contribution in [-0.2, 0) is 10.3 Å². The standard InChI is InChI=1S/C14H15NO2/c16-12-10-6-2-3-7-11(10)14(15-13(12)17)8-4-1-5-9-14/h2-3,6-7H,1,4-5,8-9H2,(H,15,17). The number of hydrogen-bond donors (Lipinski definition) is 1. The van der Waals surface area contributed by atoms with E-state index in [1.165, 1.54) is 6.42 Å². The number of carbonyl (C=O) groups excluding carboxylic acids is 2. The Hall–Kier alpha value is -1.64. The molecule has 1 spiro atoms. The van der Waals surface area contributed by atoms with E-state index in [1.807, 2.05) is 18.2 Å². The maximum absolute atomic E-state index is 11.8. The zero-order chi connectivity index (χ0) is 11.9. The number of amides is 1. The number of fused-ring (bicyclic) bond motifs is 2. The molecule has 3 rings (SSSR count). The number of Topliss-reactive ketones (excluding diaryl/α,β-unsaturated/α-hetero) is 1. The number of ketones is 1. The van der Waals surface area contributed by atoms with E-state index in [0.29, 0.717) is 5.56 Å². The fourth-order valence-corrected chi connectivity index (χ4v) is 3.11. The number of hydrogen-bond acceptors (Lipinski definition) is 2. The average molecular weight is 229 g/mol. The summed E-state index contributed by atoms with van der Waals surface area (Å²) in [4.78, 5) is 23.6. The summed E-state index contributed by atoms with van der Waals surface area (Å²) in [7, 11) is 0. The minimum Gasteiger partial charge on any atom is -0.340 e. The number of rotatable bonds is 0. The van der Waals surface area contributed by atoms with Crippen molar-refractivity contribution in [1.29, 1.82) is 0 Å². The third-order valence-corrected chi connectivity index (χ3v) is 3.95. The third kappa shape index (κ3) is 1.49. The maximum atomic E-state index is 11.8. The molecule has 0 atom stereocenters. The summed E-state index contributed by atoms with van der Waals surface area (Å²) < 4.78 is 0. The fraction of sp³-hybridized carbons (Fsp3) is 0.429. The quantitative estimate of drug-likeness (QED) is 0.693. The smallest absolute Gasteiger partial charge is 0.293 e. The van der Waals surface area contributed by atoms with Crippen molar-refractivity contribution in [2.45, 2.75) is 37.6 Å². The predicted octanol–water partition coefficient (Wildman–Crippen LogP) is 2.16. The summed E-state index contributed by atoms with van der Waals surface area (Å²) in [6, 6.07) is 7.52. The van der Waals surface area contributed by atoms with E-state index < -0.39 is 11.7 Å². The van der Waals surface area contributed by atoms with Crippen molar-refractivity contribution >= 4 is 11.7 Å². The van der Waals surface area contributed by atoms with Crippen molar-refractivity contribution in [2.24, 2.45) is 0 Å². The van der Waals surface area contributed by atoms with Gasteiger partial charge in [-0.2, -0.15) is 0 Å². The first-order valence-corrected chi connectivity index (χ1v) is 6.19. The molecule has 0 bridgehead atoms. The summed E-state index contributed by atoms with van der Waals surface area (Å²) in [5.74, 6) is -0.831. The Kier molecular flexibility index (Phi) is 2.28. The largest absolute Gasteiger partial charge is 0.340 e. The molecule has 1 fully saturated rings. The summed E-state index contributed by atoms with van der Waals surface area (Å²) in [6.45, 7) is 0. The van der Waals surface area contributed by atoms with E-state index in [4.69, 9.17) is 0 Å². The van der Waals surface area contributed by atoms with Gasteiger partial charge in [0.2, 0.25) is 0 Å². The first kappa shape index (κ1) is 10.5. The summed E-state index contributed by atoms with van der Waals surface area (Å²) in [5.41, 5.74) is 1.34. The van der Waals surface area contributed by atoms with Gasteiger partial charge in [0.15, 0.2) is 0 Å². The molecule has 3 nitrogen and oxygen atoms in total. The Labute approximate surface area is 100 Å². The van der Waals surface area contributed by atoms with Crippen molar-refractivity contribution in [2.75, 3.05) is 0 Å². The molecular weight excluding hydrogens is 214 g/mol. The monoisotopic (exact) mass is 229 g/mol. The van der Waals surface area contributed by atoms with Gasteiger partial charge in [-0.05, 0) is 18.4 Å². The molecule has 1 aromatic rings. The lowest BCUT2D eigenvalue weighted by molar-refractivity contribution is -0.120. The molecule has 3 heteroatoms. The highest BCUT2D eigenvalue weighted by Crippen LogP contribution is 2.40. The summed E-state index contributed by atoms with van der Waals surface area (Å²) in [6.07, 6.45) is 5.34. The van der Waals surface area contributed by atoms with E-state index in [2.05, 4.69) is 5.32 Å². The van der Waals surface area contributed by atoms with Gasteiger partial charge in [-0.3, -0.25) is 9.59 Å². The zero-order valence-corrected chi connectivity index (χ0v) is 9.66. The zero-order valence-electron chi connectivity index (χ0n) is 9.66. The van der Waals surface area contributed by atoms with Crippen LogP contribution in [0.15, 0.2) is 24.3 Å². The van der Waals surface area contributed by atoms with E-state index in [1.54, 1.807) is 6.07 Å². The summed E-state index contributed by atoms with van der Waals surface area (Å²) >= 11 is 0. The Morgan fingerprint density at radius 3 is 2.47 bits per heavy atom. The highest BCUT2D eigenvalue weighted by Gasteiger charge is 2.43. The first-order chi connectivity index (χ1) is 8.23. The highest BCUT2D eigenvalue weighted by atomic mass is 16.2. The van der Waals surface area contributed by atoms with Gasteiger partial charge in [-0.1, -0.05) is 43.5 Å². The van der Waals surface area contributed by atoms with Gasteiger partial charge in [-0.25, -0.2) is 0 Å². The van der Waals surface area contributed by atoms with Crippen LogP contribution in [0.2, 0.25) is 0 Å². The molecular formula is C14H15NO2. The summed E-state index contributed by atoms with van der Waals surface area (Å²) in [5, 5.41) is 2.95. The van der Waals surface area contributed by atoms with E-state index in [-0.39, 0.29) is 5.54 Å². The number of nitrogens with one attached hydrogen (secondary N) is 1. The van der Waals surface area contributed by atoms with Crippen LogP contribution in [0.4, 0.5) is 0 Å². The second-order valence-electron chi connectivity index (χ2n) is 4.97. The lowest BCUT2D eigenvalue weighted by Crippen LogP contribution is -2.54. The third-order valence-electron chi connectivity index (χ3n) is 3.95. The van der Waals surface area contributed by atoms with Crippen LogP contribution in [0, 0.1) is 0 Å². The van der Waals surface area contributed by atoms with Gasteiger partial charge in [0.25, 0.3) is 11.7 Å². The average Bonchev–Trinajstić information content (AvgIpc) is 2.38. The molecule has 1 aromatic carbocycles. The predicted molar refractivity (Wildman–Crippen MR) is 63.7 cm³/mol. The molecule has 2 aliphatic rings. The van der Waals surface area contributed by atoms with E-state index in [0.717, 1.165) is 31.2 Å². The second-order valence-corrected chi connectivity index (χ2v) is 4.97. The normalized spacial score (nSPS) is 22.1.